The number of nitrogens with zero attached hydrogens (tertiary/aromatic N) is 2. The minimum Gasteiger partial charge on any atom is -0.387 e. The predicted molar refractivity (Wildman–Crippen MR) is 81.8 cm³/mol. The molecule has 3 nitrogen and oxygen atoms in total. The molecule has 1 fully saturated rings. The van der Waals surface area contributed by atoms with Gasteiger partial charge in [-0.3, -0.25) is 4.90 Å². The summed E-state index contributed by atoms with van der Waals surface area (Å²) in [6.45, 7) is 1.96. The maximum Gasteiger partial charge on any atom is 0.129 e. The van der Waals surface area contributed by atoms with Crippen molar-refractivity contribution in [2.45, 2.75) is 24.9 Å². The number of thiazole rings is 1. The molecule has 2 heterocycles. The van der Waals surface area contributed by atoms with E-state index in [0.29, 0.717) is 12.5 Å². The van der Waals surface area contributed by atoms with Crippen LogP contribution in [0.15, 0.2) is 29.8 Å². The van der Waals surface area contributed by atoms with Crippen molar-refractivity contribution in [1.82, 2.24) is 9.88 Å². The number of aromatic nitrogens is 1. The zero-order valence-corrected chi connectivity index (χ0v) is 12.9. The summed E-state index contributed by atoms with van der Waals surface area (Å²) in [6, 6.07) is 3.19. The topological polar surface area (TPSA) is 36.4 Å². The molecule has 1 aromatic carbocycles. The van der Waals surface area contributed by atoms with Crippen LogP contribution in [0.1, 0.15) is 35.4 Å². The highest BCUT2D eigenvalue weighted by Crippen LogP contribution is 2.29. The Balaban J connectivity index is 1.66. The van der Waals surface area contributed by atoms with Crippen molar-refractivity contribution >= 4 is 11.3 Å². The fourth-order valence-corrected chi connectivity index (χ4v) is 3.74. The van der Waals surface area contributed by atoms with Gasteiger partial charge in [0.1, 0.15) is 11.6 Å². The lowest BCUT2D eigenvalue weighted by molar-refractivity contribution is 0.0927. The second-order valence-corrected chi connectivity index (χ2v) is 6.58. The molecule has 1 N–H and O–H groups in total. The van der Waals surface area contributed by atoms with E-state index in [0.717, 1.165) is 49.1 Å². The smallest absolute Gasteiger partial charge is 0.129 e. The highest BCUT2D eigenvalue weighted by Gasteiger charge is 2.25. The molecule has 6 heteroatoms. The molecular weight excluding hydrogens is 306 g/mol. The van der Waals surface area contributed by atoms with Gasteiger partial charge in [-0.1, -0.05) is 0 Å². The Morgan fingerprint density at radius 3 is 3.05 bits per heavy atom. The first-order valence-corrected chi connectivity index (χ1v) is 8.26. The van der Waals surface area contributed by atoms with Crippen LogP contribution >= 0.6 is 11.3 Å². The van der Waals surface area contributed by atoms with E-state index in [-0.39, 0.29) is 5.56 Å². The highest BCUT2D eigenvalue weighted by molar-refractivity contribution is 7.09. The van der Waals surface area contributed by atoms with Gasteiger partial charge in [-0.25, -0.2) is 13.8 Å². The fourth-order valence-electron chi connectivity index (χ4n) is 2.97. The highest BCUT2D eigenvalue weighted by atomic mass is 32.1. The van der Waals surface area contributed by atoms with Crippen molar-refractivity contribution in [2.75, 3.05) is 19.6 Å². The van der Waals surface area contributed by atoms with E-state index in [1.54, 1.807) is 17.5 Å². The molecule has 22 heavy (non-hydrogen) atoms. The summed E-state index contributed by atoms with van der Waals surface area (Å²) < 4.78 is 27.0. The van der Waals surface area contributed by atoms with E-state index < -0.39 is 17.7 Å². The molecule has 3 rings (SSSR count). The van der Waals surface area contributed by atoms with Crippen molar-refractivity contribution in [1.29, 1.82) is 0 Å². The molecule has 1 aliphatic heterocycles. The summed E-state index contributed by atoms with van der Waals surface area (Å²) in [4.78, 5) is 6.46. The van der Waals surface area contributed by atoms with E-state index in [2.05, 4.69) is 9.88 Å². The molecule has 1 aliphatic rings. The number of halogens is 2. The van der Waals surface area contributed by atoms with E-state index in [1.165, 1.54) is 0 Å². The molecule has 0 amide bonds. The third-order valence-corrected chi connectivity index (χ3v) is 4.99. The number of aliphatic hydroxyl groups excluding tert-OH is 1. The molecule has 0 radical (unpaired) electrons. The second kappa shape index (κ2) is 6.81. The molecule has 0 aliphatic carbocycles. The Kier molecular flexibility index (Phi) is 4.81. The number of rotatable bonds is 4. The van der Waals surface area contributed by atoms with Crippen molar-refractivity contribution < 1.29 is 13.9 Å². The van der Waals surface area contributed by atoms with Gasteiger partial charge in [-0.2, -0.15) is 0 Å². The van der Waals surface area contributed by atoms with Crippen LogP contribution in [0.25, 0.3) is 0 Å². The number of hydrogen-bond acceptors (Lipinski definition) is 4. The molecule has 2 atom stereocenters. The second-order valence-electron chi connectivity index (χ2n) is 5.65. The van der Waals surface area contributed by atoms with Crippen LogP contribution in [0, 0.1) is 11.6 Å². The molecule has 1 aromatic heterocycles. The Labute approximate surface area is 132 Å². The van der Waals surface area contributed by atoms with Crippen LogP contribution in [0.2, 0.25) is 0 Å². The standard InChI is InChI=1S/C16H18F2N2OS/c17-12-3-4-14(18)13(8-12)15(21)10-20-6-1-2-11(9-20)16-19-5-7-22-16/h3-5,7-8,11,15,21H,1-2,6,9-10H2. The zero-order chi connectivity index (χ0) is 15.5. The number of β-amino-alcohol motifs (C(OH)–C–C–N with tert-alkyl or cyclic N) is 1. The number of piperidine rings is 1. The first kappa shape index (κ1) is 15.5. The van der Waals surface area contributed by atoms with Gasteiger partial charge in [0, 0.05) is 36.1 Å². The third-order valence-electron chi connectivity index (χ3n) is 4.05. The summed E-state index contributed by atoms with van der Waals surface area (Å²) in [5.41, 5.74) is 0.0244. The molecule has 2 aromatic rings. The molecule has 1 saturated heterocycles. The van der Waals surface area contributed by atoms with Gasteiger partial charge in [0.05, 0.1) is 11.1 Å². The van der Waals surface area contributed by atoms with Crippen LogP contribution in [0.4, 0.5) is 8.78 Å². The predicted octanol–water partition coefficient (Wildman–Crippen LogP) is 3.33. The first-order valence-electron chi connectivity index (χ1n) is 7.38. The van der Waals surface area contributed by atoms with Crippen molar-refractivity contribution in [3.05, 3.63) is 52.0 Å². The normalized spacial score (nSPS) is 21.0. The largest absolute Gasteiger partial charge is 0.387 e. The van der Waals surface area contributed by atoms with Crippen LogP contribution in [-0.2, 0) is 0 Å². The van der Waals surface area contributed by atoms with Gasteiger partial charge >= 0.3 is 0 Å². The van der Waals surface area contributed by atoms with Crippen LogP contribution < -0.4 is 0 Å². The van der Waals surface area contributed by atoms with Crippen molar-refractivity contribution in [3.63, 3.8) is 0 Å². The zero-order valence-electron chi connectivity index (χ0n) is 12.1. The Morgan fingerprint density at radius 2 is 2.27 bits per heavy atom. The van der Waals surface area contributed by atoms with Gasteiger partial charge in [-0.05, 0) is 37.6 Å². The number of aliphatic hydroxyl groups is 1. The number of hydrogen-bond donors (Lipinski definition) is 1. The average Bonchev–Trinajstić information content (AvgIpc) is 3.04. The summed E-state index contributed by atoms with van der Waals surface area (Å²) >= 11 is 1.64. The lowest BCUT2D eigenvalue weighted by Crippen LogP contribution is -2.37. The van der Waals surface area contributed by atoms with E-state index in [9.17, 15) is 13.9 Å². The molecular formula is C16H18F2N2OS. The Hall–Kier alpha value is -1.37. The lowest BCUT2D eigenvalue weighted by atomic mass is 9.98. The maximum absolute atomic E-state index is 13.7. The van der Waals surface area contributed by atoms with E-state index in [1.807, 2.05) is 5.38 Å². The Bertz CT molecular complexity index is 621. The molecule has 118 valence electrons. The molecule has 0 bridgehead atoms. The monoisotopic (exact) mass is 324 g/mol. The summed E-state index contributed by atoms with van der Waals surface area (Å²) in [6.07, 6.45) is 2.87. The summed E-state index contributed by atoms with van der Waals surface area (Å²) in [7, 11) is 0. The van der Waals surface area contributed by atoms with E-state index in [4.69, 9.17) is 0 Å². The van der Waals surface area contributed by atoms with Crippen LogP contribution in [0.3, 0.4) is 0 Å². The number of likely N-dealkylation sites (tertiary alicyclic amines) is 1. The number of benzene rings is 1. The van der Waals surface area contributed by atoms with Gasteiger partial charge < -0.3 is 5.11 Å². The van der Waals surface area contributed by atoms with Gasteiger partial charge in [0.15, 0.2) is 0 Å². The summed E-state index contributed by atoms with van der Waals surface area (Å²) in [5, 5.41) is 13.3. The fraction of sp³-hybridized carbons (Fsp3) is 0.438. The third kappa shape index (κ3) is 3.51. The average molecular weight is 324 g/mol. The van der Waals surface area contributed by atoms with Crippen molar-refractivity contribution in [2.24, 2.45) is 0 Å². The van der Waals surface area contributed by atoms with Gasteiger partial charge in [0.25, 0.3) is 0 Å². The SMILES string of the molecule is OC(CN1CCCC(c2nccs2)C1)c1cc(F)ccc1F. The van der Waals surface area contributed by atoms with Gasteiger partial charge in [0.2, 0.25) is 0 Å². The maximum atomic E-state index is 13.7. The van der Waals surface area contributed by atoms with Gasteiger partial charge in [-0.15, -0.1) is 11.3 Å². The summed E-state index contributed by atoms with van der Waals surface area (Å²) in [5.74, 6) is -0.740. The van der Waals surface area contributed by atoms with Crippen LogP contribution in [-0.4, -0.2) is 34.6 Å². The first-order chi connectivity index (χ1) is 10.6. The van der Waals surface area contributed by atoms with Crippen molar-refractivity contribution in [3.8, 4) is 0 Å². The van der Waals surface area contributed by atoms with E-state index >= 15 is 0 Å². The van der Waals surface area contributed by atoms with Crippen LogP contribution in [0.5, 0.6) is 0 Å². The quantitative estimate of drug-likeness (QED) is 0.937. The lowest BCUT2D eigenvalue weighted by Gasteiger charge is -2.33. The minimum absolute atomic E-state index is 0.0244. The minimum atomic E-state index is -1.02. The molecule has 2 unspecified atom stereocenters. The Morgan fingerprint density at radius 1 is 1.41 bits per heavy atom. The molecule has 0 spiro atoms. The molecule has 0 saturated carbocycles.